The number of carbonyl (C=O) groups excluding carboxylic acids is 1. The van der Waals surface area contributed by atoms with Gasteiger partial charge in [0.1, 0.15) is 23.7 Å². The molecular weight excluding hydrogens is 401 g/mol. The Balaban J connectivity index is 2.01. The smallest absolute Gasteiger partial charge is 0.322 e. The number of benzene rings is 1. The van der Waals surface area contributed by atoms with E-state index in [-0.39, 0.29) is 13.2 Å². The fourth-order valence-electron chi connectivity index (χ4n) is 2.72. The molecule has 0 aliphatic rings. The average Bonchev–Trinajstić information content (AvgIpc) is 2.67. The molecule has 6 nitrogen and oxygen atoms in total. The Morgan fingerprint density at radius 3 is 2.64 bits per heavy atom. The molecule has 0 N–H and O–H groups in total. The number of hydrogen-bond acceptors (Lipinski definition) is 5. The highest BCUT2D eigenvalue weighted by atomic mass is 35.5. The van der Waals surface area contributed by atoms with Gasteiger partial charge in [-0.25, -0.2) is 9.97 Å². The van der Waals surface area contributed by atoms with Gasteiger partial charge in [0.25, 0.3) is 0 Å². The summed E-state index contributed by atoms with van der Waals surface area (Å²) in [5, 5.41) is -0.344. The first-order valence-electron chi connectivity index (χ1n) is 9.24. The molecule has 0 saturated heterocycles. The van der Waals surface area contributed by atoms with Crippen molar-refractivity contribution in [1.82, 2.24) is 9.97 Å². The molecule has 0 bridgehead atoms. The molecule has 0 aliphatic heterocycles. The van der Waals surface area contributed by atoms with Crippen LogP contribution in [0.3, 0.4) is 0 Å². The summed E-state index contributed by atoms with van der Waals surface area (Å²) in [7, 11) is 0. The van der Waals surface area contributed by atoms with Gasteiger partial charge in [0.15, 0.2) is 5.82 Å². The minimum absolute atomic E-state index is 0.216. The molecule has 28 heavy (non-hydrogen) atoms. The summed E-state index contributed by atoms with van der Waals surface area (Å²) in [6.07, 6.45) is 2.86. The molecule has 8 heteroatoms. The highest BCUT2D eigenvalue weighted by Crippen LogP contribution is 2.27. The molecule has 0 atom stereocenters. The lowest BCUT2D eigenvalue weighted by molar-refractivity contribution is 0.151. The number of aromatic nitrogens is 2. The minimum atomic E-state index is -0.672. The van der Waals surface area contributed by atoms with Crippen molar-refractivity contribution in [3.8, 4) is 5.75 Å². The average molecular weight is 426 g/mol. The monoisotopic (exact) mass is 425 g/mol. The second-order valence-electron chi connectivity index (χ2n) is 6.11. The standard InChI is InChI=1S/C20H25Cl2N3O3/c1-4-16-18(21)19(24-13-23-16)25(20(22)26)9-11-28-17-7-6-15(12-14(17)3)8-10-27-5-2/h6-7,12-13H,4-5,8-11H2,1-3H3. The molecule has 1 amide bonds. The fourth-order valence-corrected chi connectivity index (χ4v) is 3.22. The van der Waals surface area contributed by atoms with Gasteiger partial charge in [-0.3, -0.25) is 9.69 Å². The molecule has 152 valence electrons. The number of ether oxygens (including phenoxy) is 2. The second kappa shape index (κ2) is 11.2. The molecule has 1 aromatic heterocycles. The van der Waals surface area contributed by atoms with E-state index in [0.29, 0.717) is 36.2 Å². The molecule has 0 unspecified atom stereocenters. The van der Waals surface area contributed by atoms with E-state index in [1.165, 1.54) is 16.8 Å². The van der Waals surface area contributed by atoms with Gasteiger partial charge in [-0.1, -0.05) is 30.7 Å². The Kier molecular flexibility index (Phi) is 8.96. The third-order valence-electron chi connectivity index (χ3n) is 4.20. The van der Waals surface area contributed by atoms with E-state index >= 15 is 0 Å². The lowest BCUT2D eigenvalue weighted by atomic mass is 10.1. The number of carbonyl (C=O) groups is 1. The van der Waals surface area contributed by atoms with Crippen molar-refractivity contribution in [3.05, 3.63) is 46.4 Å². The predicted molar refractivity (Wildman–Crippen MR) is 112 cm³/mol. The van der Waals surface area contributed by atoms with Crippen molar-refractivity contribution in [2.75, 3.05) is 31.3 Å². The summed E-state index contributed by atoms with van der Waals surface area (Å²) < 4.78 is 11.2. The molecule has 1 aromatic carbocycles. The molecule has 0 spiro atoms. The van der Waals surface area contributed by atoms with Gasteiger partial charge in [0.2, 0.25) is 0 Å². The first kappa shape index (κ1) is 22.4. The third-order valence-corrected chi connectivity index (χ3v) is 4.79. The molecule has 0 saturated carbocycles. The van der Waals surface area contributed by atoms with Crippen molar-refractivity contribution in [2.45, 2.75) is 33.6 Å². The van der Waals surface area contributed by atoms with Crippen LogP contribution < -0.4 is 9.64 Å². The normalized spacial score (nSPS) is 10.8. The van der Waals surface area contributed by atoms with Crippen LogP contribution >= 0.6 is 23.2 Å². The highest BCUT2D eigenvalue weighted by molar-refractivity contribution is 6.66. The molecule has 1 heterocycles. The van der Waals surface area contributed by atoms with E-state index in [2.05, 4.69) is 16.0 Å². The number of amides is 1. The molecule has 0 radical (unpaired) electrons. The molecular formula is C20H25Cl2N3O3. The quantitative estimate of drug-likeness (QED) is 0.310. The van der Waals surface area contributed by atoms with Crippen LogP contribution in [0.2, 0.25) is 5.02 Å². The van der Waals surface area contributed by atoms with Crippen LogP contribution in [0, 0.1) is 6.92 Å². The number of rotatable bonds is 10. The van der Waals surface area contributed by atoms with Crippen LogP contribution in [-0.2, 0) is 17.6 Å². The zero-order chi connectivity index (χ0) is 20.5. The number of nitrogens with zero attached hydrogens (tertiary/aromatic N) is 3. The predicted octanol–water partition coefficient (Wildman–Crippen LogP) is 4.82. The van der Waals surface area contributed by atoms with Gasteiger partial charge in [0.05, 0.1) is 18.8 Å². The maximum absolute atomic E-state index is 11.9. The SMILES string of the molecule is CCOCCc1ccc(OCCN(C(=O)Cl)c2ncnc(CC)c2Cl)c(C)c1. The van der Waals surface area contributed by atoms with Crippen LogP contribution in [0.4, 0.5) is 10.6 Å². The van der Waals surface area contributed by atoms with Crippen LogP contribution in [-0.4, -0.2) is 41.7 Å². The van der Waals surface area contributed by atoms with E-state index < -0.39 is 5.37 Å². The van der Waals surface area contributed by atoms with E-state index in [4.69, 9.17) is 32.7 Å². The Morgan fingerprint density at radius 1 is 1.21 bits per heavy atom. The number of hydrogen-bond donors (Lipinski definition) is 0. The summed E-state index contributed by atoms with van der Waals surface area (Å²) in [4.78, 5) is 21.4. The van der Waals surface area contributed by atoms with Gasteiger partial charge in [-0.2, -0.15) is 0 Å². The molecule has 2 rings (SSSR count). The maximum atomic E-state index is 11.9. The third kappa shape index (κ3) is 6.06. The van der Waals surface area contributed by atoms with Crippen molar-refractivity contribution in [3.63, 3.8) is 0 Å². The zero-order valence-corrected chi connectivity index (χ0v) is 17.9. The zero-order valence-electron chi connectivity index (χ0n) is 16.4. The highest BCUT2D eigenvalue weighted by Gasteiger charge is 2.20. The summed E-state index contributed by atoms with van der Waals surface area (Å²) in [6, 6.07) is 6.02. The van der Waals surface area contributed by atoms with Gasteiger partial charge >= 0.3 is 5.37 Å². The van der Waals surface area contributed by atoms with Gasteiger partial charge < -0.3 is 9.47 Å². The number of aryl methyl sites for hydroxylation is 2. The van der Waals surface area contributed by atoms with E-state index in [0.717, 1.165) is 17.7 Å². The van der Waals surface area contributed by atoms with Crippen molar-refractivity contribution in [1.29, 1.82) is 0 Å². The summed E-state index contributed by atoms with van der Waals surface area (Å²) >= 11 is 12.1. The van der Waals surface area contributed by atoms with Crippen LogP contribution in [0.5, 0.6) is 5.75 Å². The van der Waals surface area contributed by atoms with Gasteiger partial charge in [-0.15, -0.1) is 0 Å². The van der Waals surface area contributed by atoms with Crippen LogP contribution in [0.15, 0.2) is 24.5 Å². The molecule has 0 aliphatic carbocycles. The Hall–Kier alpha value is -1.89. The topological polar surface area (TPSA) is 64.6 Å². The summed E-state index contributed by atoms with van der Waals surface area (Å²) in [5.41, 5.74) is 2.87. The summed E-state index contributed by atoms with van der Waals surface area (Å²) in [6.45, 7) is 7.77. The Bertz CT molecular complexity index is 802. The van der Waals surface area contributed by atoms with Crippen LogP contribution in [0.25, 0.3) is 0 Å². The largest absolute Gasteiger partial charge is 0.491 e. The Labute approximate surface area is 175 Å². The lowest BCUT2D eigenvalue weighted by Gasteiger charge is -2.21. The number of anilines is 1. The lowest BCUT2D eigenvalue weighted by Crippen LogP contribution is -2.32. The van der Waals surface area contributed by atoms with E-state index in [1.54, 1.807) is 0 Å². The Morgan fingerprint density at radius 2 is 2.00 bits per heavy atom. The first-order valence-corrected chi connectivity index (χ1v) is 9.99. The van der Waals surface area contributed by atoms with Gasteiger partial charge in [-0.05, 0) is 55.5 Å². The van der Waals surface area contributed by atoms with Crippen molar-refractivity contribution >= 4 is 34.4 Å². The number of halogens is 2. The van der Waals surface area contributed by atoms with E-state index in [1.807, 2.05) is 32.9 Å². The molecule has 2 aromatic rings. The maximum Gasteiger partial charge on any atom is 0.322 e. The second-order valence-corrected chi connectivity index (χ2v) is 6.81. The minimum Gasteiger partial charge on any atom is -0.491 e. The van der Waals surface area contributed by atoms with E-state index in [9.17, 15) is 4.79 Å². The first-order chi connectivity index (χ1) is 13.5. The van der Waals surface area contributed by atoms with Gasteiger partial charge in [0, 0.05) is 6.61 Å². The summed E-state index contributed by atoms with van der Waals surface area (Å²) in [5.74, 6) is 1.05. The van der Waals surface area contributed by atoms with Crippen molar-refractivity contribution in [2.24, 2.45) is 0 Å². The van der Waals surface area contributed by atoms with Crippen molar-refractivity contribution < 1.29 is 14.3 Å². The fraction of sp³-hybridized carbons (Fsp3) is 0.450. The van der Waals surface area contributed by atoms with Crippen LogP contribution in [0.1, 0.15) is 30.7 Å². The molecule has 0 fully saturated rings.